The molecule has 1 aromatic rings. The molecule has 0 atom stereocenters. The van der Waals surface area contributed by atoms with E-state index in [1.54, 1.807) is 19.9 Å². The fraction of sp³-hybridized carbons (Fsp3) is 0.583. The lowest BCUT2D eigenvalue weighted by Crippen LogP contribution is -2.45. The van der Waals surface area contributed by atoms with Crippen LogP contribution >= 0.6 is 0 Å². The van der Waals surface area contributed by atoms with Crippen LogP contribution in [0.2, 0.25) is 0 Å². The second kappa shape index (κ2) is 4.69. The zero-order valence-corrected chi connectivity index (χ0v) is 11.0. The minimum atomic E-state index is -0.824. The molecule has 0 fully saturated rings. The van der Waals surface area contributed by atoms with Gasteiger partial charge >= 0.3 is 0 Å². The summed E-state index contributed by atoms with van der Waals surface area (Å²) in [6.07, 6.45) is 0. The lowest BCUT2D eigenvalue weighted by Gasteiger charge is -2.23. The zero-order valence-electron chi connectivity index (χ0n) is 11.0. The van der Waals surface area contributed by atoms with Crippen molar-refractivity contribution in [2.45, 2.75) is 46.1 Å². The van der Waals surface area contributed by atoms with E-state index in [0.29, 0.717) is 5.82 Å². The summed E-state index contributed by atoms with van der Waals surface area (Å²) in [5.41, 5.74) is 5.35. The van der Waals surface area contributed by atoms with E-state index in [9.17, 15) is 4.79 Å². The molecule has 0 aliphatic carbocycles. The molecule has 1 amide bonds. The molecule has 5 heteroatoms. The van der Waals surface area contributed by atoms with Gasteiger partial charge in [0.25, 0.3) is 0 Å². The second-order valence-electron chi connectivity index (χ2n) is 5.02. The third-order valence-electron chi connectivity index (χ3n) is 2.44. The number of amides is 1. The number of rotatable bonds is 4. The van der Waals surface area contributed by atoms with Gasteiger partial charge in [0.2, 0.25) is 5.91 Å². The van der Waals surface area contributed by atoms with Gasteiger partial charge in [-0.3, -0.25) is 4.79 Å². The maximum atomic E-state index is 11.2. The normalized spacial score (nSPS) is 11.6. The molecule has 5 nitrogen and oxygen atoms in total. The van der Waals surface area contributed by atoms with Crippen LogP contribution in [0, 0.1) is 6.92 Å². The van der Waals surface area contributed by atoms with Gasteiger partial charge < -0.3 is 11.1 Å². The number of hydrogen-bond acceptors (Lipinski definition) is 4. The predicted molar refractivity (Wildman–Crippen MR) is 67.8 cm³/mol. The van der Waals surface area contributed by atoms with E-state index >= 15 is 0 Å². The van der Waals surface area contributed by atoms with E-state index in [0.717, 1.165) is 11.5 Å². The molecule has 0 aromatic carbocycles. The highest BCUT2D eigenvalue weighted by atomic mass is 16.1. The molecular weight excluding hydrogens is 216 g/mol. The third kappa shape index (κ3) is 3.41. The van der Waals surface area contributed by atoms with E-state index in [4.69, 9.17) is 5.73 Å². The first-order valence-electron chi connectivity index (χ1n) is 5.66. The van der Waals surface area contributed by atoms with Crippen molar-refractivity contribution >= 4 is 11.7 Å². The van der Waals surface area contributed by atoms with Gasteiger partial charge in [-0.05, 0) is 20.8 Å². The van der Waals surface area contributed by atoms with Gasteiger partial charge in [-0.15, -0.1) is 0 Å². The van der Waals surface area contributed by atoms with Crippen LogP contribution in [0.4, 0.5) is 5.82 Å². The Hall–Kier alpha value is -1.65. The largest absolute Gasteiger partial charge is 0.368 e. The lowest BCUT2D eigenvalue weighted by molar-refractivity contribution is -0.121. The number of nitrogens with zero attached hydrogens (tertiary/aromatic N) is 2. The molecular formula is C12H20N4O. The van der Waals surface area contributed by atoms with Crippen LogP contribution in [0.25, 0.3) is 0 Å². The average Bonchev–Trinajstić information content (AvgIpc) is 2.15. The predicted octanol–water partition coefficient (Wildman–Crippen LogP) is 1.58. The van der Waals surface area contributed by atoms with E-state index in [2.05, 4.69) is 15.3 Å². The smallest absolute Gasteiger partial charge is 0.242 e. The van der Waals surface area contributed by atoms with Crippen molar-refractivity contribution < 1.29 is 4.79 Å². The number of anilines is 1. The van der Waals surface area contributed by atoms with E-state index in [1.165, 1.54) is 0 Å². The summed E-state index contributed by atoms with van der Waals surface area (Å²) in [6, 6.07) is 1.80. The second-order valence-corrected chi connectivity index (χ2v) is 5.02. The molecule has 0 aliphatic rings. The van der Waals surface area contributed by atoms with Crippen LogP contribution in [-0.2, 0) is 4.79 Å². The third-order valence-corrected chi connectivity index (χ3v) is 2.44. The molecule has 0 bridgehead atoms. The van der Waals surface area contributed by atoms with Crippen LogP contribution in [0.3, 0.4) is 0 Å². The molecule has 0 saturated heterocycles. The monoisotopic (exact) mass is 236 g/mol. The summed E-state index contributed by atoms with van der Waals surface area (Å²) in [4.78, 5) is 20.0. The molecule has 3 N–H and O–H groups in total. The minimum Gasteiger partial charge on any atom is -0.368 e. The van der Waals surface area contributed by atoms with Gasteiger partial charge in [-0.1, -0.05) is 13.8 Å². The van der Waals surface area contributed by atoms with Crippen molar-refractivity contribution in [3.8, 4) is 0 Å². The highest BCUT2D eigenvalue weighted by molar-refractivity contribution is 5.86. The summed E-state index contributed by atoms with van der Waals surface area (Å²) < 4.78 is 0. The number of hydrogen-bond donors (Lipinski definition) is 2. The molecule has 0 unspecified atom stereocenters. The Balaban J connectivity index is 3.03. The highest BCUT2D eigenvalue weighted by Crippen LogP contribution is 2.17. The standard InChI is InChI=1S/C12H20N4O/c1-7(2)10-14-8(3)6-9(15-10)16-12(4,5)11(13)17/h6-7H,1-5H3,(H2,13,17)(H,14,15,16). The van der Waals surface area contributed by atoms with Gasteiger partial charge in [0.1, 0.15) is 17.2 Å². The summed E-state index contributed by atoms with van der Waals surface area (Å²) in [6.45, 7) is 9.40. The molecule has 0 spiro atoms. The van der Waals surface area contributed by atoms with Crippen molar-refractivity contribution in [2.24, 2.45) is 5.73 Å². The minimum absolute atomic E-state index is 0.243. The van der Waals surface area contributed by atoms with Crippen LogP contribution in [0.5, 0.6) is 0 Å². The van der Waals surface area contributed by atoms with Crippen LogP contribution < -0.4 is 11.1 Å². The van der Waals surface area contributed by atoms with Gasteiger partial charge in [0.05, 0.1) is 0 Å². The summed E-state index contributed by atoms with van der Waals surface area (Å²) >= 11 is 0. The first-order chi connectivity index (χ1) is 7.72. The zero-order chi connectivity index (χ0) is 13.2. The molecule has 1 heterocycles. The summed E-state index contributed by atoms with van der Waals surface area (Å²) in [7, 11) is 0. The van der Waals surface area contributed by atoms with Crippen LogP contribution in [0.15, 0.2) is 6.07 Å². The number of nitrogens with one attached hydrogen (secondary N) is 1. The maximum Gasteiger partial charge on any atom is 0.242 e. The molecule has 0 aliphatic heterocycles. The van der Waals surface area contributed by atoms with Crippen molar-refractivity contribution in [2.75, 3.05) is 5.32 Å². The highest BCUT2D eigenvalue weighted by Gasteiger charge is 2.25. The Morgan fingerprint density at radius 3 is 2.47 bits per heavy atom. The number of primary amides is 1. The molecule has 1 rings (SSSR count). The molecule has 1 aromatic heterocycles. The van der Waals surface area contributed by atoms with E-state index < -0.39 is 11.4 Å². The molecule has 17 heavy (non-hydrogen) atoms. The maximum absolute atomic E-state index is 11.2. The van der Waals surface area contributed by atoms with E-state index in [-0.39, 0.29) is 5.92 Å². The van der Waals surface area contributed by atoms with Gasteiger partial charge in [-0.25, -0.2) is 9.97 Å². The summed E-state index contributed by atoms with van der Waals surface area (Å²) in [5, 5.41) is 3.03. The quantitative estimate of drug-likeness (QED) is 0.831. The number of carbonyl (C=O) groups is 1. The van der Waals surface area contributed by atoms with Gasteiger partial charge in [0, 0.05) is 17.7 Å². The fourth-order valence-electron chi connectivity index (χ4n) is 1.30. The average molecular weight is 236 g/mol. The van der Waals surface area contributed by atoms with E-state index in [1.807, 2.05) is 20.8 Å². The summed E-state index contributed by atoms with van der Waals surface area (Å²) in [5.74, 6) is 1.21. The number of carbonyl (C=O) groups excluding carboxylic acids is 1. The Labute approximate surface area is 102 Å². The van der Waals surface area contributed by atoms with Crippen molar-refractivity contribution in [1.82, 2.24) is 9.97 Å². The van der Waals surface area contributed by atoms with Crippen molar-refractivity contribution in [1.29, 1.82) is 0 Å². The van der Waals surface area contributed by atoms with Crippen molar-refractivity contribution in [3.63, 3.8) is 0 Å². The Bertz CT molecular complexity index is 427. The fourth-order valence-corrected chi connectivity index (χ4v) is 1.30. The Morgan fingerprint density at radius 1 is 1.41 bits per heavy atom. The van der Waals surface area contributed by atoms with Crippen LogP contribution in [0.1, 0.15) is 45.1 Å². The van der Waals surface area contributed by atoms with Crippen LogP contribution in [-0.4, -0.2) is 21.4 Å². The molecule has 0 radical (unpaired) electrons. The molecule has 0 saturated carbocycles. The number of aromatic nitrogens is 2. The van der Waals surface area contributed by atoms with Gasteiger partial charge in [0.15, 0.2) is 0 Å². The number of aryl methyl sites for hydroxylation is 1. The first kappa shape index (κ1) is 13.4. The first-order valence-corrected chi connectivity index (χ1v) is 5.66. The van der Waals surface area contributed by atoms with Crippen molar-refractivity contribution in [3.05, 3.63) is 17.6 Å². The Kier molecular flexibility index (Phi) is 3.70. The molecule has 94 valence electrons. The SMILES string of the molecule is Cc1cc(NC(C)(C)C(N)=O)nc(C(C)C)n1. The lowest BCUT2D eigenvalue weighted by atomic mass is 10.1. The Morgan fingerprint density at radius 2 is 2.00 bits per heavy atom. The van der Waals surface area contributed by atoms with Gasteiger partial charge in [-0.2, -0.15) is 0 Å². The topological polar surface area (TPSA) is 80.9 Å². The number of nitrogens with two attached hydrogens (primary N) is 1.